The topological polar surface area (TPSA) is 42.0 Å². The van der Waals surface area contributed by atoms with Gasteiger partial charge in [-0.05, 0) is 31.9 Å². The maximum atomic E-state index is 12.1. The summed E-state index contributed by atoms with van der Waals surface area (Å²) in [6.45, 7) is 6.04. The SMILES string of the molecule is CCC(CC)(CBr)NC(=O)c1cccc(C)n1. The lowest BCUT2D eigenvalue weighted by Crippen LogP contribution is -2.49. The average molecular weight is 299 g/mol. The van der Waals surface area contributed by atoms with Gasteiger partial charge in [-0.2, -0.15) is 0 Å². The first-order valence-corrected chi connectivity index (χ1v) is 7.01. The van der Waals surface area contributed by atoms with Crippen LogP contribution in [0.3, 0.4) is 0 Å². The van der Waals surface area contributed by atoms with Gasteiger partial charge >= 0.3 is 0 Å². The zero-order valence-electron chi connectivity index (χ0n) is 10.6. The van der Waals surface area contributed by atoms with Crippen LogP contribution in [0.1, 0.15) is 42.9 Å². The Bertz CT molecular complexity index is 380. The molecule has 0 aliphatic carbocycles. The van der Waals surface area contributed by atoms with E-state index in [-0.39, 0.29) is 11.4 Å². The van der Waals surface area contributed by atoms with Crippen LogP contribution in [-0.2, 0) is 0 Å². The van der Waals surface area contributed by atoms with Gasteiger partial charge in [-0.25, -0.2) is 4.98 Å². The van der Waals surface area contributed by atoms with Crippen LogP contribution >= 0.6 is 15.9 Å². The average Bonchev–Trinajstić information content (AvgIpc) is 2.36. The van der Waals surface area contributed by atoms with Crippen LogP contribution in [-0.4, -0.2) is 21.8 Å². The molecule has 1 rings (SSSR count). The highest BCUT2D eigenvalue weighted by Gasteiger charge is 2.27. The number of alkyl halides is 1. The Hall–Kier alpha value is -0.900. The van der Waals surface area contributed by atoms with Crippen molar-refractivity contribution in [2.24, 2.45) is 0 Å². The van der Waals surface area contributed by atoms with Crippen LogP contribution in [0.5, 0.6) is 0 Å². The fraction of sp³-hybridized carbons (Fsp3) is 0.538. The van der Waals surface area contributed by atoms with E-state index >= 15 is 0 Å². The number of hydrogen-bond acceptors (Lipinski definition) is 2. The molecule has 0 bridgehead atoms. The van der Waals surface area contributed by atoms with Crippen molar-refractivity contribution in [3.63, 3.8) is 0 Å². The number of nitrogens with one attached hydrogen (secondary N) is 1. The molecule has 0 radical (unpaired) electrons. The van der Waals surface area contributed by atoms with Crippen molar-refractivity contribution in [1.29, 1.82) is 0 Å². The molecule has 4 heteroatoms. The lowest BCUT2D eigenvalue weighted by atomic mass is 9.95. The summed E-state index contributed by atoms with van der Waals surface area (Å²) in [5.74, 6) is -0.100. The molecule has 17 heavy (non-hydrogen) atoms. The lowest BCUT2D eigenvalue weighted by Gasteiger charge is -2.30. The van der Waals surface area contributed by atoms with E-state index in [0.29, 0.717) is 5.69 Å². The second-order valence-electron chi connectivity index (χ2n) is 4.24. The standard InChI is InChI=1S/C13H19BrN2O/c1-4-13(5-2,9-14)16-12(17)11-8-6-7-10(3)15-11/h6-8H,4-5,9H2,1-3H3,(H,16,17). The van der Waals surface area contributed by atoms with E-state index < -0.39 is 0 Å². The van der Waals surface area contributed by atoms with Crippen LogP contribution in [0, 0.1) is 6.92 Å². The van der Waals surface area contributed by atoms with Gasteiger partial charge in [0.05, 0.1) is 0 Å². The van der Waals surface area contributed by atoms with Crippen LogP contribution in [0.2, 0.25) is 0 Å². The molecule has 1 aromatic heterocycles. The number of halogens is 1. The van der Waals surface area contributed by atoms with Crippen molar-refractivity contribution in [3.8, 4) is 0 Å². The van der Waals surface area contributed by atoms with E-state index in [1.54, 1.807) is 6.07 Å². The van der Waals surface area contributed by atoms with E-state index in [0.717, 1.165) is 23.9 Å². The smallest absolute Gasteiger partial charge is 0.270 e. The third kappa shape index (κ3) is 3.53. The number of carbonyl (C=O) groups is 1. The van der Waals surface area contributed by atoms with Crippen molar-refractivity contribution < 1.29 is 4.79 Å². The number of aryl methyl sites for hydroxylation is 1. The number of amides is 1. The minimum atomic E-state index is -0.178. The molecule has 0 fully saturated rings. The predicted molar refractivity (Wildman–Crippen MR) is 73.5 cm³/mol. The Kier molecular flexibility index (Phi) is 5.12. The Labute approximate surface area is 111 Å². The maximum Gasteiger partial charge on any atom is 0.270 e. The first kappa shape index (κ1) is 14.2. The van der Waals surface area contributed by atoms with Gasteiger partial charge in [0.2, 0.25) is 0 Å². The Balaban J connectivity index is 2.84. The molecular weight excluding hydrogens is 280 g/mol. The van der Waals surface area contributed by atoms with E-state index in [1.807, 2.05) is 19.1 Å². The largest absolute Gasteiger partial charge is 0.344 e. The molecule has 1 N–H and O–H groups in total. The molecule has 0 aliphatic heterocycles. The van der Waals surface area contributed by atoms with Gasteiger partial charge in [0.1, 0.15) is 5.69 Å². The first-order valence-electron chi connectivity index (χ1n) is 5.89. The first-order chi connectivity index (χ1) is 8.06. The maximum absolute atomic E-state index is 12.1. The quantitative estimate of drug-likeness (QED) is 0.849. The molecule has 1 amide bonds. The van der Waals surface area contributed by atoms with Gasteiger partial charge in [-0.15, -0.1) is 0 Å². The summed E-state index contributed by atoms with van der Waals surface area (Å²) >= 11 is 3.47. The monoisotopic (exact) mass is 298 g/mol. The molecule has 0 saturated carbocycles. The number of hydrogen-bond donors (Lipinski definition) is 1. The molecule has 0 atom stereocenters. The van der Waals surface area contributed by atoms with Crippen molar-refractivity contribution in [2.75, 3.05) is 5.33 Å². The zero-order valence-corrected chi connectivity index (χ0v) is 12.2. The number of pyridine rings is 1. The Morgan fingerprint density at radius 2 is 2.06 bits per heavy atom. The molecule has 0 saturated heterocycles. The van der Waals surface area contributed by atoms with Gasteiger partial charge < -0.3 is 5.32 Å². The summed E-state index contributed by atoms with van der Waals surface area (Å²) in [6, 6.07) is 5.48. The zero-order chi connectivity index (χ0) is 12.9. The van der Waals surface area contributed by atoms with Gasteiger partial charge in [0, 0.05) is 16.6 Å². The predicted octanol–water partition coefficient (Wildman–Crippen LogP) is 3.07. The molecular formula is C13H19BrN2O. The van der Waals surface area contributed by atoms with Crippen molar-refractivity contribution >= 4 is 21.8 Å². The van der Waals surface area contributed by atoms with Crippen LogP contribution in [0.15, 0.2) is 18.2 Å². The number of rotatable bonds is 5. The minimum Gasteiger partial charge on any atom is -0.344 e. The Morgan fingerprint density at radius 3 is 2.53 bits per heavy atom. The highest BCUT2D eigenvalue weighted by atomic mass is 79.9. The molecule has 0 unspecified atom stereocenters. The van der Waals surface area contributed by atoms with Crippen molar-refractivity contribution in [1.82, 2.24) is 10.3 Å². The number of nitrogens with zero attached hydrogens (tertiary/aromatic N) is 1. The van der Waals surface area contributed by atoms with Crippen LogP contribution < -0.4 is 5.32 Å². The van der Waals surface area contributed by atoms with Crippen LogP contribution in [0.4, 0.5) is 0 Å². The molecule has 94 valence electrons. The fourth-order valence-electron chi connectivity index (χ4n) is 1.62. The normalized spacial score (nSPS) is 11.3. The summed E-state index contributed by atoms with van der Waals surface area (Å²) in [7, 11) is 0. The third-order valence-corrected chi connectivity index (χ3v) is 4.18. The lowest BCUT2D eigenvalue weighted by molar-refractivity contribution is 0.0898. The fourth-order valence-corrected chi connectivity index (χ4v) is 2.56. The van der Waals surface area contributed by atoms with E-state index in [4.69, 9.17) is 0 Å². The van der Waals surface area contributed by atoms with Gasteiger partial charge in [0.15, 0.2) is 0 Å². The minimum absolute atomic E-state index is 0.100. The summed E-state index contributed by atoms with van der Waals surface area (Å²) in [5.41, 5.74) is 1.16. The second-order valence-corrected chi connectivity index (χ2v) is 4.80. The van der Waals surface area contributed by atoms with Crippen molar-refractivity contribution in [2.45, 2.75) is 39.2 Å². The third-order valence-electron chi connectivity index (χ3n) is 3.11. The van der Waals surface area contributed by atoms with Gasteiger partial charge in [-0.1, -0.05) is 35.8 Å². The number of carbonyl (C=O) groups excluding carboxylic acids is 1. The molecule has 0 aromatic carbocycles. The van der Waals surface area contributed by atoms with E-state index in [9.17, 15) is 4.79 Å². The summed E-state index contributed by atoms with van der Waals surface area (Å²) in [6.07, 6.45) is 1.79. The van der Waals surface area contributed by atoms with Crippen LogP contribution in [0.25, 0.3) is 0 Å². The molecule has 0 aliphatic rings. The summed E-state index contributed by atoms with van der Waals surface area (Å²) in [4.78, 5) is 16.3. The van der Waals surface area contributed by atoms with E-state index in [1.165, 1.54) is 0 Å². The molecule has 3 nitrogen and oxygen atoms in total. The summed E-state index contributed by atoms with van der Waals surface area (Å²) in [5, 5.41) is 3.83. The van der Waals surface area contributed by atoms with E-state index in [2.05, 4.69) is 40.1 Å². The molecule has 1 aromatic rings. The summed E-state index contributed by atoms with van der Waals surface area (Å²) < 4.78 is 0. The highest BCUT2D eigenvalue weighted by Crippen LogP contribution is 2.18. The Morgan fingerprint density at radius 1 is 1.41 bits per heavy atom. The number of aromatic nitrogens is 1. The highest BCUT2D eigenvalue weighted by molar-refractivity contribution is 9.09. The van der Waals surface area contributed by atoms with Gasteiger partial charge in [0.25, 0.3) is 5.91 Å². The molecule has 1 heterocycles. The molecule has 0 spiro atoms. The second kappa shape index (κ2) is 6.15. The van der Waals surface area contributed by atoms with Gasteiger partial charge in [-0.3, -0.25) is 4.79 Å². The van der Waals surface area contributed by atoms with Crippen molar-refractivity contribution in [3.05, 3.63) is 29.6 Å².